The number of carbonyl (C=O) groups is 2. The Morgan fingerprint density at radius 2 is 1.72 bits per heavy atom. The van der Waals surface area contributed by atoms with Gasteiger partial charge in [0.05, 0.1) is 5.69 Å². The summed E-state index contributed by atoms with van der Waals surface area (Å²) in [6, 6.07) is 12.2. The zero-order valence-electron chi connectivity index (χ0n) is 16.9. The molecule has 1 aromatic heterocycles. The van der Waals surface area contributed by atoms with Gasteiger partial charge in [-0.05, 0) is 24.8 Å². The first-order valence-electron chi connectivity index (χ1n) is 10.0. The summed E-state index contributed by atoms with van der Waals surface area (Å²) in [5.74, 6) is 0.330. The van der Waals surface area contributed by atoms with E-state index in [0.717, 1.165) is 43.7 Å². The van der Waals surface area contributed by atoms with E-state index in [4.69, 9.17) is 0 Å². The number of likely N-dealkylation sites (N-methyl/N-ethyl adjacent to an activating group) is 2. The van der Waals surface area contributed by atoms with Crippen LogP contribution < -0.4 is 9.80 Å². The minimum absolute atomic E-state index is 0.000728. The van der Waals surface area contributed by atoms with Crippen LogP contribution in [-0.4, -0.2) is 55.0 Å². The summed E-state index contributed by atoms with van der Waals surface area (Å²) in [4.78, 5) is 31.1. The molecular formula is C22H25N5O2. The number of amides is 2. The Balaban J connectivity index is 1.98. The number of benzene rings is 1. The number of nitrogens with zero attached hydrogens (tertiary/aromatic N) is 5. The topological polar surface area (TPSA) is 72.6 Å². The molecule has 150 valence electrons. The zero-order valence-corrected chi connectivity index (χ0v) is 16.9. The molecule has 2 aliphatic heterocycles. The van der Waals surface area contributed by atoms with Crippen molar-refractivity contribution in [1.82, 2.24) is 9.47 Å². The van der Waals surface area contributed by atoms with Crippen LogP contribution in [0, 0.1) is 11.3 Å². The van der Waals surface area contributed by atoms with E-state index < -0.39 is 0 Å². The van der Waals surface area contributed by atoms with Crippen LogP contribution in [0.15, 0.2) is 30.3 Å². The molecule has 2 aliphatic rings. The summed E-state index contributed by atoms with van der Waals surface area (Å²) in [6.45, 7) is 2.15. The highest BCUT2D eigenvalue weighted by Crippen LogP contribution is 2.40. The maximum absolute atomic E-state index is 13.3. The second-order valence-corrected chi connectivity index (χ2v) is 7.74. The molecule has 4 rings (SSSR count). The van der Waals surface area contributed by atoms with Crippen LogP contribution >= 0.6 is 0 Å². The average molecular weight is 391 g/mol. The molecule has 1 aromatic carbocycles. The predicted molar refractivity (Wildman–Crippen MR) is 111 cm³/mol. The second kappa shape index (κ2) is 7.63. The Hall–Kier alpha value is -3.27. The molecule has 0 aliphatic carbocycles. The molecule has 0 saturated carbocycles. The van der Waals surface area contributed by atoms with Gasteiger partial charge >= 0.3 is 0 Å². The molecule has 2 amide bonds. The van der Waals surface area contributed by atoms with Crippen molar-refractivity contribution < 1.29 is 9.59 Å². The average Bonchev–Trinajstić information content (AvgIpc) is 3.03. The lowest BCUT2D eigenvalue weighted by Gasteiger charge is -2.30. The number of hydrogen-bond donors (Lipinski definition) is 0. The molecule has 7 heteroatoms. The van der Waals surface area contributed by atoms with Gasteiger partial charge in [0.15, 0.2) is 0 Å². The van der Waals surface area contributed by atoms with Crippen molar-refractivity contribution in [3.05, 3.63) is 47.2 Å². The molecule has 0 radical (unpaired) electrons. The van der Waals surface area contributed by atoms with Gasteiger partial charge in [0.2, 0.25) is 5.91 Å². The van der Waals surface area contributed by atoms with Crippen molar-refractivity contribution >= 4 is 23.3 Å². The Morgan fingerprint density at radius 3 is 2.38 bits per heavy atom. The van der Waals surface area contributed by atoms with E-state index in [9.17, 15) is 14.9 Å². The first-order chi connectivity index (χ1) is 14.0. The SMILES string of the molecule is CN1CC(=O)N(C)c2c(C#N)c(N3CCCCC3)n(Cc3ccccc3)c2C1=O. The summed E-state index contributed by atoms with van der Waals surface area (Å²) in [7, 11) is 3.29. The summed E-state index contributed by atoms with van der Waals surface area (Å²) in [6.07, 6.45) is 3.26. The number of rotatable bonds is 3. The smallest absolute Gasteiger partial charge is 0.272 e. The van der Waals surface area contributed by atoms with E-state index in [1.807, 2.05) is 34.9 Å². The van der Waals surface area contributed by atoms with E-state index in [1.165, 1.54) is 9.80 Å². The van der Waals surface area contributed by atoms with Gasteiger partial charge in [-0.3, -0.25) is 9.59 Å². The highest BCUT2D eigenvalue weighted by molar-refractivity contribution is 6.11. The van der Waals surface area contributed by atoms with Gasteiger partial charge in [0.1, 0.15) is 29.7 Å². The molecule has 2 aromatic rings. The lowest BCUT2D eigenvalue weighted by Crippen LogP contribution is -2.37. The Morgan fingerprint density at radius 1 is 1.03 bits per heavy atom. The van der Waals surface area contributed by atoms with E-state index in [-0.39, 0.29) is 18.4 Å². The number of hydrogen-bond acceptors (Lipinski definition) is 4. The third-order valence-corrected chi connectivity index (χ3v) is 5.79. The van der Waals surface area contributed by atoms with Crippen molar-refractivity contribution in [2.45, 2.75) is 25.8 Å². The van der Waals surface area contributed by atoms with Crippen molar-refractivity contribution in [2.24, 2.45) is 0 Å². The van der Waals surface area contributed by atoms with Gasteiger partial charge in [-0.25, -0.2) is 0 Å². The second-order valence-electron chi connectivity index (χ2n) is 7.74. The molecule has 1 fully saturated rings. The first-order valence-corrected chi connectivity index (χ1v) is 10.0. The standard InChI is InChI=1S/C22H25N5O2/c1-24-15-18(28)25(2)19-17(13-23)21(26-11-7-4-8-12-26)27(20(19)22(24)29)14-16-9-5-3-6-10-16/h3,5-6,9-10H,4,7-8,11-12,14-15H2,1-2H3. The molecule has 0 unspecified atom stereocenters. The third-order valence-electron chi connectivity index (χ3n) is 5.79. The Bertz CT molecular complexity index is 983. The van der Waals surface area contributed by atoms with Gasteiger partial charge in [-0.2, -0.15) is 5.26 Å². The van der Waals surface area contributed by atoms with Crippen LogP contribution in [0.2, 0.25) is 0 Å². The quantitative estimate of drug-likeness (QED) is 0.806. The number of aromatic nitrogens is 1. The number of anilines is 2. The number of nitriles is 1. The maximum atomic E-state index is 13.3. The number of piperidine rings is 1. The fourth-order valence-corrected chi connectivity index (χ4v) is 4.28. The van der Waals surface area contributed by atoms with Crippen LogP contribution in [0.4, 0.5) is 11.5 Å². The number of fused-ring (bicyclic) bond motifs is 1. The van der Waals surface area contributed by atoms with Crippen LogP contribution in [0.1, 0.15) is 40.9 Å². The zero-order chi connectivity index (χ0) is 20.5. The van der Waals surface area contributed by atoms with Crippen LogP contribution in [-0.2, 0) is 11.3 Å². The largest absolute Gasteiger partial charge is 0.357 e. The van der Waals surface area contributed by atoms with E-state index in [2.05, 4.69) is 11.0 Å². The first kappa shape index (κ1) is 19.1. The lowest BCUT2D eigenvalue weighted by molar-refractivity contribution is -0.118. The summed E-state index contributed by atoms with van der Waals surface area (Å²) in [5.41, 5.74) is 2.31. The van der Waals surface area contributed by atoms with E-state index in [0.29, 0.717) is 23.5 Å². The summed E-state index contributed by atoms with van der Waals surface area (Å²) >= 11 is 0. The van der Waals surface area contributed by atoms with Gasteiger partial charge in [0, 0.05) is 33.7 Å². The highest BCUT2D eigenvalue weighted by atomic mass is 16.2. The fourth-order valence-electron chi connectivity index (χ4n) is 4.28. The van der Waals surface area contributed by atoms with Gasteiger partial charge < -0.3 is 19.3 Å². The normalized spacial score (nSPS) is 17.2. The molecule has 29 heavy (non-hydrogen) atoms. The van der Waals surface area contributed by atoms with Gasteiger partial charge in [0.25, 0.3) is 5.91 Å². The summed E-state index contributed by atoms with van der Waals surface area (Å²) in [5, 5.41) is 10.1. The van der Waals surface area contributed by atoms with Crippen molar-refractivity contribution in [3.63, 3.8) is 0 Å². The van der Waals surface area contributed by atoms with Crippen LogP contribution in [0.5, 0.6) is 0 Å². The van der Waals surface area contributed by atoms with Crippen molar-refractivity contribution in [2.75, 3.05) is 43.5 Å². The molecule has 7 nitrogen and oxygen atoms in total. The van der Waals surface area contributed by atoms with Crippen molar-refractivity contribution in [1.29, 1.82) is 5.26 Å². The Labute approximate surface area is 170 Å². The molecular weight excluding hydrogens is 366 g/mol. The fraction of sp³-hybridized carbons (Fsp3) is 0.409. The molecule has 0 spiro atoms. The van der Waals surface area contributed by atoms with Gasteiger partial charge in [-0.1, -0.05) is 30.3 Å². The minimum atomic E-state index is -0.228. The van der Waals surface area contributed by atoms with Crippen LogP contribution in [0.3, 0.4) is 0 Å². The molecule has 0 atom stereocenters. The maximum Gasteiger partial charge on any atom is 0.272 e. The minimum Gasteiger partial charge on any atom is -0.357 e. The van der Waals surface area contributed by atoms with Gasteiger partial charge in [-0.15, -0.1) is 0 Å². The predicted octanol–water partition coefficient (Wildman–Crippen LogP) is 2.45. The lowest BCUT2D eigenvalue weighted by atomic mass is 10.1. The molecule has 0 bridgehead atoms. The van der Waals surface area contributed by atoms with E-state index >= 15 is 0 Å². The Kier molecular flexibility index (Phi) is 5.01. The number of carbonyl (C=O) groups excluding carboxylic acids is 2. The monoisotopic (exact) mass is 391 g/mol. The van der Waals surface area contributed by atoms with E-state index in [1.54, 1.807) is 14.1 Å². The van der Waals surface area contributed by atoms with Crippen molar-refractivity contribution in [3.8, 4) is 6.07 Å². The van der Waals surface area contributed by atoms with Crippen LogP contribution in [0.25, 0.3) is 0 Å². The highest BCUT2D eigenvalue weighted by Gasteiger charge is 2.38. The molecule has 3 heterocycles. The molecule has 1 saturated heterocycles. The molecule has 0 N–H and O–H groups in total. The third kappa shape index (κ3) is 3.25. The summed E-state index contributed by atoms with van der Waals surface area (Å²) < 4.78 is 1.95.